The first kappa shape index (κ1) is 18.4. The van der Waals surface area contributed by atoms with E-state index in [0.29, 0.717) is 25.4 Å². The molecular formula is C18H24N4O3. The van der Waals surface area contributed by atoms with E-state index in [1.165, 1.54) is 6.26 Å². The fraction of sp³-hybridized carbons (Fsp3) is 0.333. The van der Waals surface area contributed by atoms with Gasteiger partial charge in [0.1, 0.15) is 5.75 Å². The van der Waals surface area contributed by atoms with E-state index >= 15 is 0 Å². The number of amides is 1. The zero-order chi connectivity index (χ0) is 18.1. The van der Waals surface area contributed by atoms with Gasteiger partial charge in [0.2, 0.25) is 0 Å². The average molecular weight is 344 g/mol. The van der Waals surface area contributed by atoms with Gasteiger partial charge in [-0.3, -0.25) is 9.79 Å². The van der Waals surface area contributed by atoms with Gasteiger partial charge >= 0.3 is 0 Å². The maximum Gasteiger partial charge on any atom is 0.287 e. The Balaban J connectivity index is 1.80. The molecule has 0 bridgehead atoms. The summed E-state index contributed by atoms with van der Waals surface area (Å²) in [5.41, 5.74) is 1.07. The summed E-state index contributed by atoms with van der Waals surface area (Å²) in [7, 11) is 5.33. The van der Waals surface area contributed by atoms with Crippen LogP contribution in [0.25, 0.3) is 0 Å². The summed E-state index contributed by atoms with van der Waals surface area (Å²) in [6.45, 7) is 1.67. The molecule has 1 aromatic heterocycles. The quantitative estimate of drug-likeness (QED) is 0.454. The number of ether oxygens (including phenoxy) is 1. The summed E-state index contributed by atoms with van der Waals surface area (Å²) < 4.78 is 10.4. The van der Waals surface area contributed by atoms with Gasteiger partial charge in [0.05, 0.1) is 13.4 Å². The fourth-order valence-electron chi connectivity index (χ4n) is 2.39. The van der Waals surface area contributed by atoms with Crippen LogP contribution in [0.5, 0.6) is 5.75 Å². The number of carbonyl (C=O) groups excluding carboxylic acids is 1. The molecule has 7 nitrogen and oxygen atoms in total. The second-order valence-electron chi connectivity index (χ2n) is 5.38. The van der Waals surface area contributed by atoms with E-state index in [2.05, 4.69) is 15.6 Å². The zero-order valence-corrected chi connectivity index (χ0v) is 14.8. The lowest BCUT2D eigenvalue weighted by Gasteiger charge is -2.23. The number of furan rings is 1. The molecule has 0 fully saturated rings. The summed E-state index contributed by atoms with van der Waals surface area (Å²) in [6.07, 6.45) is 1.47. The number of hydrogen-bond acceptors (Lipinski definition) is 4. The Kier molecular flexibility index (Phi) is 6.88. The topological polar surface area (TPSA) is 79.1 Å². The number of aliphatic imine (C=N–C) groups is 1. The van der Waals surface area contributed by atoms with E-state index < -0.39 is 0 Å². The molecule has 7 heteroatoms. The predicted octanol–water partition coefficient (Wildman–Crippen LogP) is 1.73. The van der Waals surface area contributed by atoms with Crippen LogP contribution < -0.4 is 15.4 Å². The second-order valence-corrected chi connectivity index (χ2v) is 5.38. The van der Waals surface area contributed by atoms with Crippen molar-refractivity contribution < 1.29 is 13.9 Å². The fourth-order valence-corrected chi connectivity index (χ4v) is 2.39. The molecule has 134 valence electrons. The molecule has 25 heavy (non-hydrogen) atoms. The Morgan fingerprint density at radius 2 is 1.96 bits per heavy atom. The first-order chi connectivity index (χ1) is 12.2. The number of rotatable bonds is 7. The van der Waals surface area contributed by atoms with Crippen LogP contribution >= 0.6 is 0 Å². The molecule has 2 N–H and O–H groups in total. The summed E-state index contributed by atoms with van der Waals surface area (Å²) in [5, 5.41) is 6.00. The van der Waals surface area contributed by atoms with E-state index in [4.69, 9.17) is 9.15 Å². The molecule has 0 saturated heterocycles. The van der Waals surface area contributed by atoms with Crippen molar-refractivity contribution in [3.63, 3.8) is 0 Å². The SMILES string of the molecule is CN=C(NCCNC(=O)c1ccco1)N(C)Cc1ccccc1OC. The van der Waals surface area contributed by atoms with Crippen molar-refractivity contribution in [2.24, 2.45) is 4.99 Å². The van der Waals surface area contributed by atoms with E-state index in [0.717, 1.165) is 17.3 Å². The van der Waals surface area contributed by atoms with Crippen LogP contribution in [-0.2, 0) is 6.54 Å². The first-order valence-electron chi connectivity index (χ1n) is 8.01. The molecule has 1 aromatic carbocycles. The highest BCUT2D eigenvalue weighted by Gasteiger charge is 2.10. The van der Waals surface area contributed by atoms with Gasteiger partial charge in [-0.05, 0) is 18.2 Å². The molecule has 0 aliphatic carbocycles. The molecule has 2 rings (SSSR count). The van der Waals surface area contributed by atoms with E-state index in [1.807, 2.05) is 36.2 Å². The minimum Gasteiger partial charge on any atom is -0.496 e. The molecule has 0 atom stereocenters. The van der Waals surface area contributed by atoms with Gasteiger partial charge in [-0.2, -0.15) is 0 Å². The minimum absolute atomic E-state index is 0.232. The zero-order valence-electron chi connectivity index (χ0n) is 14.8. The Hall–Kier alpha value is -2.96. The smallest absolute Gasteiger partial charge is 0.287 e. The lowest BCUT2D eigenvalue weighted by molar-refractivity contribution is 0.0926. The number of nitrogens with one attached hydrogen (secondary N) is 2. The molecule has 0 spiro atoms. The first-order valence-corrected chi connectivity index (χ1v) is 8.01. The van der Waals surface area contributed by atoms with Gasteiger partial charge in [-0.25, -0.2) is 0 Å². The van der Waals surface area contributed by atoms with Gasteiger partial charge in [-0.15, -0.1) is 0 Å². The standard InChI is InChI=1S/C18H24N4O3/c1-19-18(21-11-10-20-17(23)16-9-6-12-25-16)22(2)13-14-7-4-5-8-15(14)24-3/h4-9,12H,10-11,13H2,1-3H3,(H,19,21)(H,20,23). The summed E-state index contributed by atoms with van der Waals surface area (Å²) in [5.74, 6) is 1.65. The van der Waals surface area contributed by atoms with Gasteiger partial charge in [0.15, 0.2) is 11.7 Å². The maximum atomic E-state index is 11.8. The largest absolute Gasteiger partial charge is 0.496 e. The second kappa shape index (κ2) is 9.36. The van der Waals surface area contributed by atoms with Crippen molar-refractivity contribution in [2.45, 2.75) is 6.54 Å². The molecule has 0 saturated carbocycles. The summed E-state index contributed by atoms with van der Waals surface area (Å²) >= 11 is 0. The van der Waals surface area contributed by atoms with Crippen LogP contribution in [0, 0.1) is 0 Å². The van der Waals surface area contributed by atoms with Crippen molar-refractivity contribution in [3.05, 3.63) is 54.0 Å². The van der Waals surface area contributed by atoms with Crippen LogP contribution in [0.2, 0.25) is 0 Å². The Morgan fingerprint density at radius 3 is 2.64 bits per heavy atom. The van der Waals surface area contributed by atoms with E-state index in [-0.39, 0.29) is 5.91 Å². The lowest BCUT2D eigenvalue weighted by Crippen LogP contribution is -2.42. The van der Waals surface area contributed by atoms with Crippen LogP contribution in [0.1, 0.15) is 16.1 Å². The Bertz CT molecular complexity index is 698. The highest BCUT2D eigenvalue weighted by atomic mass is 16.5. The highest BCUT2D eigenvalue weighted by molar-refractivity contribution is 5.91. The van der Waals surface area contributed by atoms with Crippen molar-refractivity contribution in [1.29, 1.82) is 0 Å². The predicted molar refractivity (Wildman–Crippen MR) is 96.9 cm³/mol. The van der Waals surface area contributed by atoms with Crippen molar-refractivity contribution in [2.75, 3.05) is 34.3 Å². The third-order valence-electron chi connectivity index (χ3n) is 3.61. The molecular weight excluding hydrogens is 320 g/mol. The van der Waals surface area contributed by atoms with Crippen molar-refractivity contribution in [1.82, 2.24) is 15.5 Å². The minimum atomic E-state index is -0.232. The van der Waals surface area contributed by atoms with E-state index in [1.54, 1.807) is 26.3 Å². The molecule has 0 radical (unpaired) electrons. The van der Waals surface area contributed by atoms with Gasteiger partial charge in [0, 0.05) is 39.3 Å². The number of carbonyl (C=O) groups is 1. The molecule has 1 heterocycles. The van der Waals surface area contributed by atoms with Crippen molar-refractivity contribution >= 4 is 11.9 Å². The van der Waals surface area contributed by atoms with Crippen LogP contribution in [0.15, 0.2) is 52.1 Å². The molecule has 0 unspecified atom stereocenters. The van der Waals surface area contributed by atoms with Gasteiger partial charge in [0.25, 0.3) is 5.91 Å². The molecule has 2 aromatic rings. The van der Waals surface area contributed by atoms with Crippen LogP contribution in [-0.4, -0.2) is 51.1 Å². The van der Waals surface area contributed by atoms with Gasteiger partial charge < -0.3 is 24.7 Å². The molecule has 0 aliphatic rings. The van der Waals surface area contributed by atoms with Crippen LogP contribution in [0.3, 0.4) is 0 Å². The average Bonchev–Trinajstić information content (AvgIpc) is 3.16. The number of benzene rings is 1. The van der Waals surface area contributed by atoms with E-state index in [9.17, 15) is 4.79 Å². The highest BCUT2D eigenvalue weighted by Crippen LogP contribution is 2.18. The monoisotopic (exact) mass is 344 g/mol. The number of hydrogen-bond donors (Lipinski definition) is 2. The normalized spacial score (nSPS) is 11.1. The maximum absolute atomic E-state index is 11.8. The Labute approximate surface area is 147 Å². The number of nitrogens with zero attached hydrogens (tertiary/aromatic N) is 2. The Morgan fingerprint density at radius 1 is 1.20 bits per heavy atom. The number of para-hydroxylation sites is 1. The summed E-state index contributed by atoms with van der Waals surface area (Å²) in [4.78, 5) is 18.0. The lowest BCUT2D eigenvalue weighted by atomic mass is 10.2. The number of methoxy groups -OCH3 is 1. The third kappa shape index (κ3) is 5.27. The van der Waals surface area contributed by atoms with Crippen molar-refractivity contribution in [3.8, 4) is 5.75 Å². The number of guanidine groups is 1. The molecule has 1 amide bonds. The van der Waals surface area contributed by atoms with Gasteiger partial charge in [-0.1, -0.05) is 18.2 Å². The van der Waals surface area contributed by atoms with Crippen LogP contribution in [0.4, 0.5) is 0 Å². The third-order valence-corrected chi connectivity index (χ3v) is 3.61. The summed E-state index contributed by atoms with van der Waals surface area (Å²) in [6, 6.07) is 11.2. The molecule has 0 aliphatic heterocycles.